The Hall–Kier alpha value is -0.370. The predicted octanol–water partition coefficient (Wildman–Crippen LogP) is 2.76. The van der Waals surface area contributed by atoms with Crippen LogP contribution in [0.4, 0.5) is 0 Å². The van der Waals surface area contributed by atoms with Gasteiger partial charge in [-0.1, -0.05) is 13.3 Å². The number of rotatable bonds is 7. The fourth-order valence-corrected chi connectivity index (χ4v) is 4.70. The van der Waals surface area contributed by atoms with E-state index in [1.54, 1.807) is 6.07 Å². The number of nitrogens with one attached hydrogen (secondary N) is 2. The van der Waals surface area contributed by atoms with Crippen LogP contribution in [0.25, 0.3) is 0 Å². The summed E-state index contributed by atoms with van der Waals surface area (Å²) in [6, 6.07) is 2.16. The van der Waals surface area contributed by atoms with Crippen molar-refractivity contribution in [3.8, 4) is 0 Å². The van der Waals surface area contributed by atoms with Crippen LogP contribution >= 0.6 is 15.9 Å². The van der Waals surface area contributed by atoms with Crippen molar-refractivity contribution in [2.24, 2.45) is 5.41 Å². The molecule has 1 aromatic heterocycles. The van der Waals surface area contributed by atoms with E-state index in [2.05, 4.69) is 32.9 Å². The van der Waals surface area contributed by atoms with Crippen molar-refractivity contribution in [1.29, 1.82) is 0 Å². The second-order valence-electron chi connectivity index (χ2n) is 6.49. The number of sulfonamides is 1. The minimum Gasteiger partial charge on any atom is -0.452 e. The van der Waals surface area contributed by atoms with E-state index in [1.165, 1.54) is 19.3 Å². The first kappa shape index (κ1) is 15.5. The zero-order valence-corrected chi connectivity index (χ0v) is 14.5. The monoisotopic (exact) mass is 376 g/mol. The quantitative estimate of drug-likeness (QED) is 0.767. The zero-order valence-electron chi connectivity index (χ0n) is 12.1. The first-order valence-corrected chi connectivity index (χ1v) is 9.67. The van der Waals surface area contributed by atoms with Crippen LogP contribution in [0, 0.1) is 5.41 Å². The molecule has 5 nitrogen and oxygen atoms in total. The molecule has 2 aliphatic carbocycles. The summed E-state index contributed by atoms with van der Waals surface area (Å²) in [6.07, 6.45) is 5.72. The molecule has 3 rings (SSSR count). The van der Waals surface area contributed by atoms with Crippen LogP contribution in [-0.4, -0.2) is 21.0 Å². The minimum absolute atomic E-state index is 0.111. The molecule has 118 valence electrons. The van der Waals surface area contributed by atoms with Gasteiger partial charge in [0.25, 0.3) is 0 Å². The minimum atomic E-state index is -3.52. The van der Waals surface area contributed by atoms with Crippen molar-refractivity contribution in [3.63, 3.8) is 0 Å². The Morgan fingerprint density at radius 3 is 2.71 bits per heavy atom. The van der Waals surface area contributed by atoms with E-state index in [-0.39, 0.29) is 15.0 Å². The van der Waals surface area contributed by atoms with Crippen LogP contribution in [0.1, 0.15) is 44.8 Å². The summed E-state index contributed by atoms with van der Waals surface area (Å²) in [6.45, 7) is 3.17. The van der Waals surface area contributed by atoms with Crippen LogP contribution in [0.15, 0.2) is 20.0 Å². The van der Waals surface area contributed by atoms with Crippen molar-refractivity contribution >= 4 is 26.0 Å². The van der Waals surface area contributed by atoms with E-state index in [0.717, 1.165) is 12.8 Å². The SMILES string of the molecule is CC1(CNS(=O)(=O)c2cc(CNC3CC3)oc2Br)CCC1. The first-order chi connectivity index (χ1) is 9.88. The smallest absolute Gasteiger partial charge is 0.244 e. The molecule has 2 N–H and O–H groups in total. The van der Waals surface area contributed by atoms with Gasteiger partial charge >= 0.3 is 0 Å². The highest BCUT2D eigenvalue weighted by atomic mass is 79.9. The zero-order chi connectivity index (χ0) is 15.1. The van der Waals surface area contributed by atoms with E-state index in [1.807, 2.05) is 0 Å². The van der Waals surface area contributed by atoms with Gasteiger partial charge in [0.15, 0.2) is 4.67 Å². The van der Waals surface area contributed by atoms with Gasteiger partial charge in [-0.05, 0) is 47.0 Å². The van der Waals surface area contributed by atoms with Crippen molar-refractivity contribution in [3.05, 3.63) is 16.5 Å². The molecule has 0 amide bonds. The van der Waals surface area contributed by atoms with Gasteiger partial charge in [0, 0.05) is 18.7 Å². The molecule has 2 fully saturated rings. The summed E-state index contributed by atoms with van der Waals surface area (Å²) in [5.41, 5.74) is 0.111. The van der Waals surface area contributed by atoms with Gasteiger partial charge in [0.2, 0.25) is 10.0 Å². The van der Waals surface area contributed by atoms with Crippen molar-refractivity contribution < 1.29 is 12.8 Å². The summed E-state index contributed by atoms with van der Waals surface area (Å²) in [7, 11) is -3.52. The van der Waals surface area contributed by atoms with E-state index in [0.29, 0.717) is 24.9 Å². The Bertz CT molecular complexity index is 618. The molecule has 0 spiro atoms. The van der Waals surface area contributed by atoms with Crippen LogP contribution in [0.3, 0.4) is 0 Å². The van der Waals surface area contributed by atoms with E-state index in [9.17, 15) is 8.42 Å². The lowest BCUT2D eigenvalue weighted by atomic mass is 9.71. The number of hydrogen-bond acceptors (Lipinski definition) is 4. The van der Waals surface area contributed by atoms with Crippen molar-refractivity contribution in [2.75, 3.05) is 6.54 Å². The van der Waals surface area contributed by atoms with Gasteiger partial charge in [-0.15, -0.1) is 0 Å². The second kappa shape index (κ2) is 5.68. The fraction of sp³-hybridized carbons (Fsp3) is 0.714. The molecule has 0 aliphatic heterocycles. The lowest BCUT2D eigenvalue weighted by Crippen LogP contribution is -2.39. The largest absolute Gasteiger partial charge is 0.452 e. The van der Waals surface area contributed by atoms with Crippen molar-refractivity contribution in [1.82, 2.24) is 10.0 Å². The van der Waals surface area contributed by atoms with Gasteiger partial charge in [-0.25, -0.2) is 13.1 Å². The highest BCUT2D eigenvalue weighted by Crippen LogP contribution is 2.40. The Morgan fingerprint density at radius 1 is 1.43 bits per heavy atom. The first-order valence-electron chi connectivity index (χ1n) is 7.39. The molecule has 0 radical (unpaired) electrons. The highest BCUT2D eigenvalue weighted by Gasteiger charge is 2.34. The molecule has 0 atom stereocenters. The Kier molecular flexibility index (Phi) is 4.20. The normalized spacial score (nSPS) is 21.2. The van der Waals surface area contributed by atoms with Crippen LogP contribution < -0.4 is 10.0 Å². The predicted molar refractivity (Wildman–Crippen MR) is 83.4 cm³/mol. The average molecular weight is 377 g/mol. The summed E-state index contributed by atoms with van der Waals surface area (Å²) >= 11 is 3.21. The Balaban J connectivity index is 1.65. The number of halogens is 1. The molecule has 21 heavy (non-hydrogen) atoms. The molecule has 0 aromatic carbocycles. The molecular weight excluding hydrogens is 356 g/mol. The van der Waals surface area contributed by atoms with Gasteiger partial charge in [0.1, 0.15) is 10.7 Å². The van der Waals surface area contributed by atoms with Gasteiger partial charge in [0.05, 0.1) is 6.54 Å². The lowest BCUT2D eigenvalue weighted by molar-refractivity contribution is 0.166. The number of furan rings is 1. The van der Waals surface area contributed by atoms with Crippen LogP contribution in [-0.2, 0) is 16.6 Å². The highest BCUT2D eigenvalue weighted by molar-refractivity contribution is 9.10. The van der Waals surface area contributed by atoms with Gasteiger partial charge in [-0.2, -0.15) is 0 Å². The summed E-state index contributed by atoms with van der Waals surface area (Å²) in [4.78, 5) is 0.193. The molecule has 0 bridgehead atoms. The maximum Gasteiger partial charge on any atom is 0.244 e. The van der Waals surface area contributed by atoms with Gasteiger partial charge in [-0.3, -0.25) is 0 Å². The molecule has 7 heteroatoms. The summed E-state index contributed by atoms with van der Waals surface area (Å²) in [5, 5.41) is 3.31. The Morgan fingerprint density at radius 2 is 2.14 bits per heavy atom. The van der Waals surface area contributed by atoms with Crippen molar-refractivity contribution in [2.45, 2.75) is 56.5 Å². The van der Waals surface area contributed by atoms with Crippen LogP contribution in [0.5, 0.6) is 0 Å². The topological polar surface area (TPSA) is 71.3 Å². The maximum absolute atomic E-state index is 12.4. The summed E-state index contributed by atoms with van der Waals surface area (Å²) in [5.74, 6) is 0.643. The Labute approximate surface area is 134 Å². The maximum atomic E-state index is 12.4. The number of hydrogen-bond donors (Lipinski definition) is 2. The van der Waals surface area contributed by atoms with E-state index >= 15 is 0 Å². The lowest BCUT2D eigenvalue weighted by Gasteiger charge is -2.38. The molecule has 0 saturated heterocycles. The molecule has 1 heterocycles. The van der Waals surface area contributed by atoms with Crippen LogP contribution in [0.2, 0.25) is 0 Å². The van der Waals surface area contributed by atoms with E-state index in [4.69, 9.17) is 4.42 Å². The average Bonchev–Trinajstić information content (AvgIpc) is 3.14. The molecule has 2 aliphatic rings. The third-order valence-electron chi connectivity index (χ3n) is 4.39. The van der Waals surface area contributed by atoms with E-state index < -0.39 is 10.0 Å². The fourth-order valence-electron chi connectivity index (χ4n) is 2.50. The molecular formula is C14H21BrN2O3S. The summed E-state index contributed by atoms with van der Waals surface area (Å²) < 4.78 is 33.2. The standard InChI is InChI=1S/C14H21BrN2O3S/c1-14(5-2-6-14)9-17-21(18,19)12-7-11(20-13(12)15)8-16-10-3-4-10/h7,10,16-17H,2-6,8-9H2,1H3. The molecule has 0 unspecified atom stereocenters. The molecule has 2 saturated carbocycles. The molecule has 1 aromatic rings. The second-order valence-corrected chi connectivity index (χ2v) is 8.95. The third-order valence-corrected chi connectivity index (χ3v) is 6.65. The van der Waals surface area contributed by atoms with Gasteiger partial charge < -0.3 is 9.73 Å². The third kappa shape index (κ3) is 3.70.